The minimum Gasteiger partial charge on any atom is -0.479 e. The minimum absolute atomic E-state index is 0.0724. The average Bonchev–Trinajstić information content (AvgIpc) is 2.52. The summed E-state index contributed by atoms with van der Waals surface area (Å²) in [6.07, 6.45) is -0.973. The van der Waals surface area contributed by atoms with Crippen molar-refractivity contribution in [2.45, 2.75) is 13.0 Å². The summed E-state index contributed by atoms with van der Waals surface area (Å²) in [7, 11) is 0. The van der Waals surface area contributed by atoms with Crippen molar-refractivity contribution in [2.24, 2.45) is 0 Å². The summed E-state index contributed by atoms with van der Waals surface area (Å²) >= 11 is 17.7. The number of rotatable bonds is 5. The molecule has 0 saturated heterocycles. The molecule has 0 aliphatic rings. The van der Waals surface area contributed by atoms with E-state index in [0.29, 0.717) is 0 Å². The number of ether oxygens (including phenoxy) is 1. The van der Waals surface area contributed by atoms with Crippen LogP contribution in [0, 0.1) is 10.1 Å². The molecule has 1 atom stereocenters. The molecule has 2 rings (SSSR count). The molecule has 0 bridgehead atoms. The quantitative estimate of drug-likeness (QED) is 0.445. The molecule has 0 heterocycles. The van der Waals surface area contributed by atoms with Crippen molar-refractivity contribution in [3.05, 3.63) is 61.6 Å². The largest absolute Gasteiger partial charge is 0.479 e. The molecule has 0 aromatic heterocycles. The Morgan fingerprint density at radius 2 is 1.79 bits per heavy atom. The standard InChI is InChI=1S/C15H11Cl3N2O4/c1-8(24-14-7-10(17)9(16)6-11(14)18)15(21)19-12-4-2-3-5-13(12)20(22)23/h2-8H,1H3,(H,19,21)/t8-/m0/s1. The highest BCUT2D eigenvalue weighted by atomic mass is 35.5. The number of hydrogen-bond acceptors (Lipinski definition) is 4. The molecule has 9 heteroatoms. The number of para-hydroxylation sites is 2. The number of anilines is 1. The number of hydrogen-bond donors (Lipinski definition) is 1. The van der Waals surface area contributed by atoms with Gasteiger partial charge < -0.3 is 10.1 Å². The van der Waals surface area contributed by atoms with Crippen molar-refractivity contribution in [1.82, 2.24) is 0 Å². The van der Waals surface area contributed by atoms with Crippen LogP contribution in [0.5, 0.6) is 5.75 Å². The van der Waals surface area contributed by atoms with Crippen molar-refractivity contribution in [1.29, 1.82) is 0 Å². The first-order valence-electron chi connectivity index (χ1n) is 6.65. The predicted molar refractivity (Wildman–Crippen MR) is 93.3 cm³/mol. The van der Waals surface area contributed by atoms with E-state index in [4.69, 9.17) is 39.5 Å². The van der Waals surface area contributed by atoms with Crippen LogP contribution >= 0.6 is 34.8 Å². The van der Waals surface area contributed by atoms with E-state index in [1.54, 1.807) is 6.07 Å². The molecule has 0 fully saturated rings. The van der Waals surface area contributed by atoms with Crippen LogP contribution in [-0.2, 0) is 4.79 Å². The van der Waals surface area contributed by atoms with Gasteiger partial charge in [0.1, 0.15) is 11.4 Å². The molecule has 0 aliphatic heterocycles. The Kier molecular flexibility index (Phi) is 5.88. The van der Waals surface area contributed by atoms with Crippen molar-refractivity contribution in [2.75, 3.05) is 5.32 Å². The predicted octanol–water partition coefficient (Wildman–Crippen LogP) is 4.96. The van der Waals surface area contributed by atoms with Gasteiger partial charge in [0, 0.05) is 12.1 Å². The number of halogens is 3. The SMILES string of the molecule is C[C@H](Oc1cc(Cl)c(Cl)cc1Cl)C(=O)Nc1ccccc1[N+](=O)[O-]. The first kappa shape index (κ1) is 18.3. The second-order valence-electron chi connectivity index (χ2n) is 4.72. The van der Waals surface area contributed by atoms with E-state index in [1.807, 2.05) is 0 Å². The Morgan fingerprint density at radius 1 is 1.17 bits per heavy atom. The Balaban J connectivity index is 2.14. The highest BCUT2D eigenvalue weighted by molar-refractivity contribution is 6.43. The zero-order chi connectivity index (χ0) is 17.9. The van der Waals surface area contributed by atoms with Gasteiger partial charge in [-0.1, -0.05) is 46.9 Å². The maximum absolute atomic E-state index is 12.2. The Hall–Kier alpha value is -2.02. The number of carbonyl (C=O) groups is 1. The number of benzene rings is 2. The molecule has 24 heavy (non-hydrogen) atoms. The third kappa shape index (κ3) is 4.29. The van der Waals surface area contributed by atoms with Gasteiger partial charge in [-0.2, -0.15) is 0 Å². The number of amides is 1. The van der Waals surface area contributed by atoms with Gasteiger partial charge >= 0.3 is 0 Å². The van der Waals surface area contributed by atoms with Crippen molar-refractivity contribution in [3.63, 3.8) is 0 Å². The lowest BCUT2D eigenvalue weighted by Gasteiger charge is -2.16. The number of nitrogens with zero attached hydrogens (tertiary/aromatic N) is 1. The van der Waals surface area contributed by atoms with E-state index in [9.17, 15) is 14.9 Å². The third-order valence-electron chi connectivity index (χ3n) is 3.01. The van der Waals surface area contributed by atoms with Crippen molar-refractivity contribution >= 4 is 52.1 Å². The van der Waals surface area contributed by atoms with Crippen LogP contribution < -0.4 is 10.1 Å². The van der Waals surface area contributed by atoms with Gasteiger partial charge in [-0.25, -0.2) is 0 Å². The first-order chi connectivity index (χ1) is 11.3. The first-order valence-corrected chi connectivity index (χ1v) is 7.78. The van der Waals surface area contributed by atoms with Crippen LogP contribution in [-0.4, -0.2) is 16.9 Å². The molecule has 1 N–H and O–H groups in total. The lowest BCUT2D eigenvalue weighted by atomic mass is 10.2. The monoisotopic (exact) mass is 388 g/mol. The Morgan fingerprint density at radius 3 is 2.46 bits per heavy atom. The zero-order valence-corrected chi connectivity index (χ0v) is 14.5. The summed E-state index contributed by atoms with van der Waals surface area (Å²) in [5.41, 5.74) is -0.145. The van der Waals surface area contributed by atoms with E-state index in [2.05, 4.69) is 5.32 Å². The average molecular weight is 390 g/mol. The summed E-state index contributed by atoms with van der Waals surface area (Å²) in [4.78, 5) is 22.6. The summed E-state index contributed by atoms with van der Waals surface area (Å²) in [6, 6.07) is 8.58. The van der Waals surface area contributed by atoms with Gasteiger partial charge in [0.05, 0.1) is 20.0 Å². The summed E-state index contributed by atoms with van der Waals surface area (Å²) < 4.78 is 5.46. The summed E-state index contributed by atoms with van der Waals surface area (Å²) in [5.74, 6) is -0.400. The zero-order valence-electron chi connectivity index (χ0n) is 12.3. The van der Waals surface area contributed by atoms with Crippen LogP contribution in [0.1, 0.15) is 6.92 Å². The number of nitro benzene ring substituents is 1. The summed E-state index contributed by atoms with van der Waals surface area (Å²) in [5, 5.41) is 14.1. The topological polar surface area (TPSA) is 81.5 Å². The van der Waals surface area contributed by atoms with Crippen molar-refractivity contribution in [3.8, 4) is 5.75 Å². The van der Waals surface area contributed by atoms with Crippen LogP contribution in [0.15, 0.2) is 36.4 Å². The van der Waals surface area contributed by atoms with E-state index in [-0.39, 0.29) is 32.2 Å². The summed E-state index contributed by atoms with van der Waals surface area (Å²) in [6.45, 7) is 1.48. The molecule has 2 aromatic rings. The van der Waals surface area contributed by atoms with Crippen molar-refractivity contribution < 1.29 is 14.5 Å². The van der Waals surface area contributed by atoms with E-state index >= 15 is 0 Å². The molecule has 0 spiro atoms. The molecule has 126 valence electrons. The fourth-order valence-corrected chi connectivity index (χ4v) is 2.39. The number of carbonyl (C=O) groups excluding carboxylic acids is 1. The van der Waals surface area contributed by atoms with E-state index < -0.39 is 16.9 Å². The Labute approximate surface area is 152 Å². The van der Waals surface area contributed by atoms with E-state index in [1.165, 1.54) is 37.3 Å². The molecular formula is C15H11Cl3N2O4. The molecular weight excluding hydrogens is 379 g/mol. The van der Waals surface area contributed by atoms with E-state index in [0.717, 1.165) is 0 Å². The van der Waals surface area contributed by atoms with Gasteiger partial charge in [0.2, 0.25) is 0 Å². The van der Waals surface area contributed by atoms with Gasteiger partial charge in [0.15, 0.2) is 6.10 Å². The molecule has 0 unspecified atom stereocenters. The molecule has 0 aliphatic carbocycles. The van der Waals surface area contributed by atoms with Gasteiger partial charge in [-0.3, -0.25) is 14.9 Å². The molecule has 0 saturated carbocycles. The van der Waals surface area contributed by atoms with Crippen LogP contribution in [0.2, 0.25) is 15.1 Å². The molecule has 0 radical (unpaired) electrons. The fraction of sp³-hybridized carbons (Fsp3) is 0.133. The van der Waals surface area contributed by atoms with Gasteiger partial charge in [0.25, 0.3) is 11.6 Å². The Bertz CT molecular complexity index is 798. The van der Waals surface area contributed by atoms with Crippen LogP contribution in [0.3, 0.4) is 0 Å². The highest BCUT2D eigenvalue weighted by Gasteiger charge is 2.21. The normalized spacial score (nSPS) is 11.7. The smallest absolute Gasteiger partial charge is 0.292 e. The second-order valence-corrected chi connectivity index (χ2v) is 5.94. The third-order valence-corrected chi connectivity index (χ3v) is 4.02. The maximum atomic E-state index is 12.2. The van der Waals surface area contributed by atoms with Crippen LogP contribution in [0.25, 0.3) is 0 Å². The lowest BCUT2D eigenvalue weighted by molar-refractivity contribution is -0.383. The molecule has 6 nitrogen and oxygen atoms in total. The fourth-order valence-electron chi connectivity index (χ4n) is 1.81. The van der Waals surface area contributed by atoms with Gasteiger partial charge in [-0.05, 0) is 19.1 Å². The number of nitrogens with one attached hydrogen (secondary N) is 1. The number of nitro groups is 1. The molecule has 2 aromatic carbocycles. The lowest BCUT2D eigenvalue weighted by Crippen LogP contribution is -2.30. The maximum Gasteiger partial charge on any atom is 0.292 e. The highest BCUT2D eigenvalue weighted by Crippen LogP contribution is 2.34. The minimum atomic E-state index is -0.973. The second kappa shape index (κ2) is 7.70. The van der Waals surface area contributed by atoms with Crippen LogP contribution in [0.4, 0.5) is 11.4 Å². The van der Waals surface area contributed by atoms with Gasteiger partial charge in [-0.15, -0.1) is 0 Å². The molecule has 1 amide bonds.